The van der Waals surface area contributed by atoms with Gasteiger partial charge < -0.3 is 16.5 Å². The van der Waals surface area contributed by atoms with Crippen LogP contribution in [0.25, 0.3) is 0 Å². The fraction of sp³-hybridized carbons (Fsp3) is 0.182. The normalized spacial score (nSPS) is 11.4. The van der Waals surface area contributed by atoms with Crippen LogP contribution in [0.4, 0.5) is 11.4 Å². The monoisotopic (exact) mass is 187 g/mol. The third-order valence-corrected chi connectivity index (χ3v) is 1.85. The van der Waals surface area contributed by atoms with Gasteiger partial charge in [-0.05, 0) is 25.1 Å². The lowest BCUT2D eigenvalue weighted by Crippen LogP contribution is -2.13. The molecule has 0 fully saturated rings. The summed E-state index contributed by atoms with van der Waals surface area (Å²) in [5.74, 6) is 2.56. The number of hydrogen-bond donors (Lipinski definition) is 3. The van der Waals surface area contributed by atoms with Gasteiger partial charge in [0.25, 0.3) is 0 Å². The van der Waals surface area contributed by atoms with E-state index in [0.717, 1.165) is 11.3 Å². The number of nitrogen functional groups attached to an aromatic ring is 1. The Morgan fingerprint density at radius 3 is 2.93 bits per heavy atom. The first-order valence-corrected chi connectivity index (χ1v) is 4.30. The molecule has 0 aliphatic rings. The molecule has 0 amide bonds. The van der Waals surface area contributed by atoms with Crippen molar-refractivity contribution in [2.75, 3.05) is 11.1 Å². The van der Waals surface area contributed by atoms with Crippen LogP contribution in [0.3, 0.4) is 0 Å². The fourth-order valence-electron chi connectivity index (χ4n) is 1.10. The molecule has 0 spiro atoms. The first kappa shape index (κ1) is 10.1. The summed E-state index contributed by atoms with van der Waals surface area (Å²) in [4.78, 5) is 0. The summed E-state index contributed by atoms with van der Waals surface area (Å²) in [7, 11) is 0. The average Bonchev–Trinajstić information content (AvgIpc) is 2.18. The number of benzene rings is 1. The number of rotatable bonds is 3. The predicted molar refractivity (Wildman–Crippen MR) is 60.7 cm³/mol. The number of nitrogens with one attached hydrogen (secondary N) is 2. The Bertz CT molecular complexity index is 377. The second-order valence-corrected chi connectivity index (χ2v) is 3.02. The summed E-state index contributed by atoms with van der Waals surface area (Å²) in [6.07, 6.45) is 6.52. The molecule has 1 aromatic carbocycles. The first-order valence-electron chi connectivity index (χ1n) is 4.30. The molecule has 0 aliphatic carbocycles. The molecule has 0 bridgehead atoms. The van der Waals surface area contributed by atoms with Crippen molar-refractivity contribution < 1.29 is 0 Å². The van der Waals surface area contributed by atoms with Gasteiger partial charge in [-0.2, -0.15) is 0 Å². The van der Waals surface area contributed by atoms with Gasteiger partial charge in [0.2, 0.25) is 0 Å². The van der Waals surface area contributed by atoms with E-state index in [1.165, 1.54) is 6.21 Å². The van der Waals surface area contributed by atoms with E-state index in [4.69, 9.17) is 17.6 Å². The van der Waals surface area contributed by atoms with E-state index < -0.39 is 0 Å². The molecule has 3 heteroatoms. The maximum Gasteiger partial charge on any atom is 0.0846 e. The van der Waals surface area contributed by atoms with E-state index in [1.807, 2.05) is 6.92 Å². The standard InChI is InChI=1S/C11H13N3/c1-3-8(2)14-11-6-10(13)5-4-9(11)7-12/h1,4-8,12,14H,13H2,2H3/t8-/m0/s1. The minimum Gasteiger partial charge on any atom is -0.399 e. The fourth-order valence-corrected chi connectivity index (χ4v) is 1.10. The van der Waals surface area contributed by atoms with Crippen LogP contribution in [0.1, 0.15) is 12.5 Å². The molecule has 1 aromatic rings. The Hall–Kier alpha value is -1.95. The SMILES string of the molecule is C#C[C@H](C)Nc1cc(N)ccc1C=N. The van der Waals surface area contributed by atoms with Gasteiger partial charge in [-0.3, -0.25) is 0 Å². The van der Waals surface area contributed by atoms with Crippen molar-refractivity contribution in [2.24, 2.45) is 0 Å². The van der Waals surface area contributed by atoms with Crippen LogP contribution in [0.15, 0.2) is 18.2 Å². The first-order chi connectivity index (χ1) is 6.67. The quantitative estimate of drug-likeness (QED) is 0.383. The van der Waals surface area contributed by atoms with Gasteiger partial charge in [0.05, 0.1) is 6.04 Å². The van der Waals surface area contributed by atoms with Crippen LogP contribution in [-0.2, 0) is 0 Å². The van der Waals surface area contributed by atoms with E-state index in [1.54, 1.807) is 18.2 Å². The lowest BCUT2D eigenvalue weighted by molar-refractivity contribution is 1.03. The van der Waals surface area contributed by atoms with Crippen LogP contribution in [0.5, 0.6) is 0 Å². The van der Waals surface area contributed by atoms with Gasteiger partial charge in [-0.25, -0.2) is 0 Å². The summed E-state index contributed by atoms with van der Waals surface area (Å²) in [6, 6.07) is 5.24. The van der Waals surface area contributed by atoms with Crippen molar-refractivity contribution in [3.8, 4) is 12.3 Å². The van der Waals surface area contributed by atoms with E-state index in [0.29, 0.717) is 5.69 Å². The Morgan fingerprint density at radius 2 is 2.36 bits per heavy atom. The molecular weight excluding hydrogens is 174 g/mol. The van der Waals surface area contributed by atoms with Gasteiger partial charge in [0.1, 0.15) is 0 Å². The topological polar surface area (TPSA) is 61.9 Å². The van der Waals surface area contributed by atoms with Crippen molar-refractivity contribution >= 4 is 17.6 Å². The van der Waals surface area contributed by atoms with Gasteiger partial charge in [-0.1, -0.05) is 5.92 Å². The molecular formula is C11H13N3. The second-order valence-electron chi connectivity index (χ2n) is 3.02. The minimum absolute atomic E-state index is 0.0736. The Morgan fingerprint density at radius 1 is 1.64 bits per heavy atom. The van der Waals surface area contributed by atoms with Crippen LogP contribution >= 0.6 is 0 Å². The summed E-state index contributed by atoms with van der Waals surface area (Å²) in [5, 5.41) is 10.3. The van der Waals surface area contributed by atoms with Crippen LogP contribution < -0.4 is 11.1 Å². The molecule has 72 valence electrons. The molecule has 0 unspecified atom stereocenters. The van der Waals surface area contributed by atoms with Crippen LogP contribution in [-0.4, -0.2) is 12.3 Å². The highest BCUT2D eigenvalue weighted by Gasteiger charge is 2.02. The Labute approximate surface area is 83.8 Å². The van der Waals surface area contributed by atoms with E-state index in [-0.39, 0.29) is 6.04 Å². The third-order valence-electron chi connectivity index (χ3n) is 1.85. The average molecular weight is 187 g/mol. The Balaban J connectivity index is 3.00. The predicted octanol–water partition coefficient (Wildman–Crippen LogP) is 1.70. The largest absolute Gasteiger partial charge is 0.399 e. The number of hydrogen-bond acceptors (Lipinski definition) is 3. The lowest BCUT2D eigenvalue weighted by Gasteiger charge is -2.12. The highest BCUT2D eigenvalue weighted by Crippen LogP contribution is 2.18. The molecule has 1 rings (SSSR count). The number of anilines is 2. The highest BCUT2D eigenvalue weighted by atomic mass is 14.9. The molecule has 0 saturated carbocycles. The van der Waals surface area contributed by atoms with Crippen LogP contribution in [0.2, 0.25) is 0 Å². The highest BCUT2D eigenvalue weighted by molar-refractivity contribution is 5.87. The molecule has 0 radical (unpaired) electrons. The third kappa shape index (κ3) is 2.27. The van der Waals surface area contributed by atoms with Crippen LogP contribution in [0, 0.1) is 17.8 Å². The Kier molecular flexibility index (Phi) is 3.14. The smallest absolute Gasteiger partial charge is 0.0846 e. The van der Waals surface area contributed by atoms with Gasteiger partial charge in [0, 0.05) is 23.2 Å². The molecule has 4 N–H and O–H groups in total. The maximum absolute atomic E-state index is 7.20. The van der Waals surface area contributed by atoms with Gasteiger partial charge in [0.15, 0.2) is 0 Å². The van der Waals surface area contributed by atoms with E-state index in [9.17, 15) is 0 Å². The molecule has 14 heavy (non-hydrogen) atoms. The second kappa shape index (κ2) is 4.33. The molecule has 0 aromatic heterocycles. The summed E-state index contributed by atoms with van der Waals surface area (Å²) in [6.45, 7) is 1.87. The number of nitrogens with two attached hydrogens (primary N) is 1. The van der Waals surface area contributed by atoms with Gasteiger partial charge in [-0.15, -0.1) is 6.42 Å². The van der Waals surface area contributed by atoms with E-state index >= 15 is 0 Å². The molecule has 3 nitrogen and oxygen atoms in total. The van der Waals surface area contributed by atoms with Crippen molar-refractivity contribution in [1.29, 1.82) is 5.41 Å². The lowest BCUT2D eigenvalue weighted by atomic mass is 10.1. The zero-order valence-electron chi connectivity index (χ0n) is 8.04. The zero-order valence-corrected chi connectivity index (χ0v) is 8.04. The molecule has 0 heterocycles. The maximum atomic E-state index is 7.20. The van der Waals surface area contributed by atoms with Crippen molar-refractivity contribution in [3.05, 3.63) is 23.8 Å². The molecule has 1 atom stereocenters. The van der Waals surface area contributed by atoms with Crippen molar-refractivity contribution in [1.82, 2.24) is 0 Å². The molecule has 0 aliphatic heterocycles. The summed E-state index contributed by atoms with van der Waals surface area (Å²) in [5.41, 5.74) is 7.86. The molecule has 0 saturated heterocycles. The van der Waals surface area contributed by atoms with Crippen molar-refractivity contribution in [2.45, 2.75) is 13.0 Å². The minimum atomic E-state index is -0.0736. The van der Waals surface area contributed by atoms with Crippen molar-refractivity contribution in [3.63, 3.8) is 0 Å². The summed E-state index contributed by atoms with van der Waals surface area (Å²) < 4.78 is 0. The summed E-state index contributed by atoms with van der Waals surface area (Å²) >= 11 is 0. The zero-order chi connectivity index (χ0) is 10.6. The van der Waals surface area contributed by atoms with Gasteiger partial charge >= 0.3 is 0 Å². The van der Waals surface area contributed by atoms with E-state index in [2.05, 4.69) is 11.2 Å². The number of terminal acetylenes is 1.